The first-order valence-corrected chi connectivity index (χ1v) is 9.29. The van der Waals surface area contributed by atoms with Crippen molar-refractivity contribution in [2.24, 2.45) is 7.05 Å². The van der Waals surface area contributed by atoms with Gasteiger partial charge in [0, 0.05) is 18.3 Å². The summed E-state index contributed by atoms with van der Waals surface area (Å²) < 4.78 is 1.45. The molecule has 6 nitrogen and oxygen atoms in total. The molecule has 7 heteroatoms. The summed E-state index contributed by atoms with van der Waals surface area (Å²) >= 11 is 1.21. The number of anilines is 1. The van der Waals surface area contributed by atoms with Crippen molar-refractivity contribution in [1.82, 2.24) is 9.55 Å². The van der Waals surface area contributed by atoms with Gasteiger partial charge in [-0.15, -0.1) is 0 Å². The number of benzene rings is 2. The van der Waals surface area contributed by atoms with Crippen LogP contribution in [0.15, 0.2) is 58.5 Å². The second kappa shape index (κ2) is 7.75. The number of hydrogen-bond acceptors (Lipinski definition) is 5. The topological polar surface area (TPSA) is 81.1 Å². The zero-order valence-corrected chi connectivity index (χ0v) is 16.0. The van der Waals surface area contributed by atoms with Crippen LogP contribution in [0.4, 0.5) is 5.69 Å². The van der Waals surface area contributed by atoms with E-state index in [2.05, 4.69) is 10.3 Å². The SMILES string of the molecule is CC(=O)c1cccc(NC(=O)C(C)Sc2nc3ccccc3c(=O)n2C)c1. The molecule has 1 amide bonds. The highest BCUT2D eigenvalue weighted by molar-refractivity contribution is 8.00. The summed E-state index contributed by atoms with van der Waals surface area (Å²) in [6, 6.07) is 13.9. The summed E-state index contributed by atoms with van der Waals surface area (Å²) in [5.41, 5.74) is 1.54. The second-order valence-electron chi connectivity index (χ2n) is 6.16. The third-order valence-electron chi connectivity index (χ3n) is 4.13. The Morgan fingerprint density at radius 2 is 1.89 bits per heavy atom. The van der Waals surface area contributed by atoms with E-state index in [0.29, 0.717) is 27.3 Å². The van der Waals surface area contributed by atoms with Gasteiger partial charge in [-0.3, -0.25) is 19.0 Å². The number of amides is 1. The van der Waals surface area contributed by atoms with Gasteiger partial charge in [-0.25, -0.2) is 4.98 Å². The molecule has 1 N–H and O–H groups in total. The number of Topliss-reactive ketones (excluding diaryl/α,β-unsaturated/α-hetero) is 1. The summed E-state index contributed by atoms with van der Waals surface area (Å²) in [6.45, 7) is 3.22. The second-order valence-corrected chi connectivity index (χ2v) is 7.47. The highest BCUT2D eigenvalue weighted by Gasteiger charge is 2.18. The van der Waals surface area contributed by atoms with Crippen molar-refractivity contribution >= 4 is 40.0 Å². The molecule has 27 heavy (non-hydrogen) atoms. The molecule has 1 atom stereocenters. The molecule has 3 rings (SSSR count). The van der Waals surface area contributed by atoms with Crippen LogP contribution in [0.5, 0.6) is 0 Å². The molecule has 0 aliphatic heterocycles. The molecule has 0 saturated carbocycles. The number of nitrogens with zero attached hydrogens (tertiary/aromatic N) is 2. The largest absolute Gasteiger partial charge is 0.325 e. The number of rotatable bonds is 5. The number of thioether (sulfide) groups is 1. The number of para-hydroxylation sites is 1. The van der Waals surface area contributed by atoms with Gasteiger partial charge < -0.3 is 5.32 Å². The summed E-state index contributed by atoms with van der Waals surface area (Å²) in [7, 11) is 1.64. The molecule has 0 aliphatic rings. The average Bonchev–Trinajstić information content (AvgIpc) is 2.66. The van der Waals surface area contributed by atoms with Crippen LogP contribution < -0.4 is 10.9 Å². The molecule has 0 saturated heterocycles. The van der Waals surface area contributed by atoms with E-state index in [4.69, 9.17) is 0 Å². The van der Waals surface area contributed by atoms with E-state index in [9.17, 15) is 14.4 Å². The summed E-state index contributed by atoms with van der Waals surface area (Å²) in [4.78, 5) is 41.0. The molecule has 2 aromatic carbocycles. The fraction of sp³-hybridized carbons (Fsp3) is 0.200. The van der Waals surface area contributed by atoms with Crippen LogP contribution in [-0.2, 0) is 11.8 Å². The van der Waals surface area contributed by atoms with Gasteiger partial charge >= 0.3 is 0 Å². The van der Waals surface area contributed by atoms with Gasteiger partial charge in [0.1, 0.15) is 0 Å². The first-order chi connectivity index (χ1) is 12.9. The Labute approximate surface area is 160 Å². The van der Waals surface area contributed by atoms with Gasteiger partial charge in [-0.2, -0.15) is 0 Å². The Morgan fingerprint density at radius 1 is 1.15 bits per heavy atom. The lowest BCUT2D eigenvalue weighted by Crippen LogP contribution is -2.25. The monoisotopic (exact) mass is 381 g/mol. The minimum atomic E-state index is -0.481. The molecule has 3 aromatic rings. The number of carbonyl (C=O) groups excluding carboxylic acids is 2. The minimum Gasteiger partial charge on any atom is -0.325 e. The summed E-state index contributed by atoms with van der Waals surface area (Å²) in [5, 5.41) is 3.34. The number of fused-ring (bicyclic) bond motifs is 1. The molecule has 1 heterocycles. The molecule has 1 unspecified atom stereocenters. The lowest BCUT2D eigenvalue weighted by atomic mass is 10.1. The average molecular weight is 381 g/mol. The maximum Gasteiger partial charge on any atom is 0.261 e. The Balaban J connectivity index is 1.80. The highest BCUT2D eigenvalue weighted by Crippen LogP contribution is 2.23. The molecule has 1 aromatic heterocycles. The van der Waals surface area contributed by atoms with Crippen molar-refractivity contribution in [2.75, 3.05) is 5.32 Å². The third-order valence-corrected chi connectivity index (χ3v) is 5.27. The van der Waals surface area contributed by atoms with Gasteiger partial charge in [0.25, 0.3) is 5.56 Å². The molecule has 0 radical (unpaired) electrons. The first kappa shape index (κ1) is 18.8. The number of nitrogens with one attached hydrogen (secondary N) is 1. The number of carbonyl (C=O) groups is 2. The van der Waals surface area contributed by atoms with Crippen molar-refractivity contribution in [3.8, 4) is 0 Å². The fourth-order valence-corrected chi connectivity index (χ4v) is 3.45. The predicted molar refractivity (Wildman–Crippen MR) is 107 cm³/mol. The normalized spacial score (nSPS) is 12.0. The zero-order chi connectivity index (χ0) is 19.6. The maximum absolute atomic E-state index is 12.5. The molecular formula is C20H19N3O3S. The summed E-state index contributed by atoms with van der Waals surface area (Å²) in [6.07, 6.45) is 0. The number of hydrogen-bond donors (Lipinski definition) is 1. The van der Waals surface area contributed by atoms with E-state index in [1.807, 2.05) is 6.07 Å². The molecule has 0 aliphatic carbocycles. The van der Waals surface area contributed by atoms with E-state index in [-0.39, 0.29) is 17.2 Å². The minimum absolute atomic E-state index is 0.0658. The highest BCUT2D eigenvalue weighted by atomic mass is 32.2. The summed E-state index contributed by atoms with van der Waals surface area (Å²) in [5.74, 6) is -0.299. The Kier molecular flexibility index (Phi) is 5.41. The Bertz CT molecular complexity index is 1090. The predicted octanol–water partition coefficient (Wildman–Crippen LogP) is 3.26. The van der Waals surface area contributed by atoms with Crippen LogP contribution in [0.2, 0.25) is 0 Å². The standard InChI is InChI=1S/C20H19N3O3S/c1-12(24)14-7-6-8-15(11-14)21-18(25)13(2)27-20-22-17-10-5-4-9-16(17)19(26)23(20)3/h4-11,13H,1-3H3,(H,21,25). The van der Waals surface area contributed by atoms with Gasteiger partial charge in [0.2, 0.25) is 5.91 Å². The van der Waals surface area contributed by atoms with E-state index in [1.165, 1.54) is 23.3 Å². The molecule has 138 valence electrons. The number of ketones is 1. The molecule has 0 bridgehead atoms. The lowest BCUT2D eigenvalue weighted by Gasteiger charge is -2.14. The van der Waals surface area contributed by atoms with Gasteiger partial charge in [-0.1, -0.05) is 36.0 Å². The third kappa shape index (κ3) is 4.09. The quantitative estimate of drug-likeness (QED) is 0.417. The Hall–Kier alpha value is -2.93. The van der Waals surface area contributed by atoms with Gasteiger partial charge in [-0.05, 0) is 38.1 Å². The Morgan fingerprint density at radius 3 is 2.63 bits per heavy atom. The molecule has 0 spiro atoms. The van der Waals surface area contributed by atoms with Crippen molar-refractivity contribution in [3.63, 3.8) is 0 Å². The van der Waals surface area contributed by atoms with Crippen LogP contribution >= 0.6 is 11.8 Å². The van der Waals surface area contributed by atoms with Crippen LogP contribution in [-0.4, -0.2) is 26.5 Å². The van der Waals surface area contributed by atoms with Crippen LogP contribution in [0.25, 0.3) is 10.9 Å². The van der Waals surface area contributed by atoms with Crippen molar-refractivity contribution in [2.45, 2.75) is 24.3 Å². The van der Waals surface area contributed by atoms with Crippen molar-refractivity contribution in [1.29, 1.82) is 0 Å². The molecular weight excluding hydrogens is 362 g/mol. The van der Waals surface area contributed by atoms with E-state index >= 15 is 0 Å². The van der Waals surface area contributed by atoms with Crippen LogP contribution in [0.3, 0.4) is 0 Å². The van der Waals surface area contributed by atoms with Crippen molar-refractivity contribution < 1.29 is 9.59 Å². The number of aromatic nitrogens is 2. The van der Waals surface area contributed by atoms with Gasteiger partial charge in [0.15, 0.2) is 10.9 Å². The zero-order valence-electron chi connectivity index (χ0n) is 15.2. The van der Waals surface area contributed by atoms with E-state index in [1.54, 1.807) is 56.4 Å². The van der Waals surface area contributed by atoms with Crippen molar-refractivity contribution in [3.05, 3.63) is 64.4 Å². The fourth-order valence-electron chi connectivity index (χ4n) is 2.57. The van der Waals surface area contributed by atoms with Crippen LogP contribution in [0, 0.1) is 0 Å². The maximum atomic E-state index is 12.5. The van der Waals surface area contributed by atoms with E-state index < -0.39 is 5.25 Å². The lowest BCUT2D eigenvalue weighted by molar-refractivity contribution is -0.115. The molecule has 0 fully saturated rings. The van der Waals surface area contributed by atoms with Gasteiger partial charge in [0.05, 0.1) is 16.2 Å². The first-order valence-electron chi connectivity index (χ1n) is 8.41. The smallest absolute Gasteiger partial charge is 0.261 e. The van der Waals surface area contributed by atoms with Crippen LogP contribution in [0.1, 0.15) is 24.2 Å². The van der Waals surface area contributed by atoms with E-state index in [0.717, 1.165) is 0 Å².